The Labute approximate surface area is 113 Å². The Balaban J connectivity index is 2.85. The Morgan fingerprint density at radius 2 is 2.21 bits per heavy atom. The molecule has 0 bridgehead atoms. The summed E-state index contributed by atoms with van der Waals surface area (Å²) in [5.41, 5.74) is 1.78. The molecule has 0 heterocycles. The van der Waals surface area contributed by atoms with Crippen molar-refractivity contribution in [2.24, 2.45) is 0 Å². The van der Waals surface area contributed by atoms with E-state index < -0.39 is 4.92 Å². The summed E-state index contributed by atoms with van der Waals surface area (Å²) in [7, 11) is 0. The fourth-order valence-corrected chi connectivity index (χ4v) is 1.49. The van der Waals surface area contributed by atoms with Crippen molar-refractivity contribution >= 4 is 5.69 Å². The molecule has 0 aliphatic rings. The third-order valence-electron chi connectivity index (χ3n) is 2.73. The molecular formula is C14H20N2O3. The minimum absolute atomic E-state index is 0.000642. The van der Waals surface area contributed by atoms with Crippen molar-refractivity contribution in [3.05, 3.63) is 46.0 Å². The van der Waals surface area contributed by atoms with Crippen LogP contribution in [0.25, 0.3) is 0 Å². The maximum absolute atomic E-state index is 11.0. The van der Waals surface area contributed by atoms with Gasteiger partial charge in [0.2, 0.25) is 0 Å². The van der Waals surface area contributed by atoms with Gasteiger partial charge in [-0.15, -0.1) is 0 Å². The van der Waals surface area contributed by atoms with Crippen molar-refractivity contribution in [2.45, 2.75) is 26.8 Å². The third kappa shape index (κ3) is 4.71. The Kier molecular flexibility index (Phi) is 6.02. The van der Waals surface area contributed by atoms with E-state index in [4.69, 9.17) is 4.74 Å². The number of nitro groups is 1. The third-order valence-corrected chi connectivity index (χ3v) is 2.73. The number of nitrogens with zero attached hydrogens (tertiary/aromatic N) is 1. The average Bonchev–Trinajstić information content (AvgIpc) is 2.42. The number of hydrogen-bond donors (Lipinski definition) is 1. The molecule has 104 valence electrons. The minimum Gasteiger partial charge on any atom is -0.482 e. The van der Waals surface area contributed by atoms with Crippen LogP contribution < -0.4 is 10.1 Å². The van der Waals surface area contributed by atoms with E-state index in [0.717, 1.165) is 24.1 Å². The summed E-state index contributed by atoms with van der Waals surface area (Å²) in [5, 5.41) is 14.2. The van der Waals surface area contributed by atoms with Crippen LogP contribution in [0.2, 0.25) is 0 Å². The zero-order valence-corrected chi connectivity index (χ0v) is 11.4. The lowest BCUT2D eigenvalue weighted by Crippen LogP contribution is -2.12. The maximum Gasteiger partial charge on any atom is 0.311 e. The molecule has 0 atom stereocenters. The molecule has 5 nitrogen and oxygen atoms in total. The summed E-state index contributed by atoms with van der Waals surface area (Å²) in [6, 6.07) is 5.03. The maximum atomic E-state index is 11.0. The van der Waals surface area contributed by atoms with Crippen LogP contribution in [0, 0.1) is 10.1 Å². The summed E-state index contributed by atoms with van der Waals surface area (Å²) in [4.78, 5) is 10.6. The first kappa shape index (κ1) is 15.2. The van der Waals surface area contributed by atoms with E-state index >= 15 is 0 Å². The van der Waals surface area contributed by atoms with Gasteiger partial charge in [0, 0.05) is 12.6 Å². The molecule has 0 saturated heterocycles. The molecular weight excluding hydrogens is 244 g/mol. The second-order valence-electron chi connectivity index (χ2n) is 4.23. The Bertz CT molecular complexity index is 458. The Morgan fingerprint density at radius 1 is 1.47 bits per heavy atom. The molecule has 0 saturated carbocycles. The lowest BCUT2D eigenvalue weighted by Gasteiger charge is -2.09. The summed E-state index contributed by atoms with van der Waals surface area (Å²) in [6.45, 7) is 9.52. The molecule has 1 aromatic carbocycles. The molecule has 0 spiro atoms. The highest BCUT2D eigenvalue weighted by Crippen LogP contribution is 2.28. The molecule has 0 aromatic heterocycles. The molecule has 1 aromatic rings. The van der Waals surface area contributed by atoms with E-state index in [-0.39, 0.29) is 5.69 Å². The van der Waals surface area contributed by atoms with Crippen LogP contribution in [0.15, 0.2) is 30.4 Å². The van der Waals surface area contributed by atoms with Gasteiger partial charge in [-0.2, -0.15) is 0 Å². The van der Waals surface area contributed by atoms with Gasteiger partial charge in [-0.05, 0) is 30.2 Å². The highest BCUT2D eigenvalue weighted by atomic mass is 16.6. The first-order valence-electron chi connectivity index (χ1n) is 6.36. The van der Waals surface area contributed by atoms with Crippen LogP contribution in [0.4, 0.5) is 5.69 Å². The highest BCUT2D eigenvalue weighted by molar-refractivity contribution is 5.48. The van der Waals surface area contributed by atoms with Gasteiger partial charge in [0.15, 0.2) is 5.75 Å². The Morgan fingerprint density at radius 3 is 2.79 bits per heavy atom. The van der Waals surface area contributed by atoms with Crippen molar-refractivity contribution in [3.8, 4) is 5.75 Å². The van der Waals surface area contributed by atoms with Crippen LogP contribution in [-0.4, -0.2) is 18.1 Å². The van der Waals surface area contributed by atoms with Crippen molar-refractivity contribution < 1.29 is 9.66 Å². The number of hydrogen-bond acceptors (Lipinski definition) is 4. The summed E-state index contributed by atoms with van der Waals surface area (Å²) >= 11 is 0. The van der Waals surface area contributed by atoms with Gasteiger partial charge in [0.1, 0.15) is 6.61 Å². The summed E-state index contributed by atoms with van der Waals surface area (Å²) < 4.78 is 5.45. The highest BCUT2D eigenvalue weighted by Gasteiger charge is 2.16. The second-order valence-corrected chi connectivity index (χ2v) is 4.23. The van der Waals surface area contributed by atoms with Crippen LogP contribution >= 0.6 is 0 Å². The zero-order chi connectivity index (χ0) is 14.3. The summed E-state index contributed by atoms with van der Waals surface area (Å²) in [6.07, 6.45) is 0.798. The zero-order valence-electron chi connectivity index (χ0n) is 11.4. The molecule has 0 aliphatic heterocycles. The molecule has 0 unspecified atom stereocenters. The topological polar surface area (TPSA) is 64.4 Å². The lowest BCUT2D eigenvalue weighted by atomic mass is 10.2. The van der Waals surface area contributed by atoms with Crippen LogP contribution in [0.5, 0.6) is 5.75 Å². The molecule has 1 rings (SSSR count). The SMILES string of the molecule is C=C(CC)COc1ccc(CNCC)cc1[N+](=O)[O-]. The molecule has 0 aliphatic carbocycles. The van der Waals surface area contributed by atoms with Gasteiger partial charge in [0.25, 0.3) is 0 Å². The van der Waals surface area contributed by atoms with E-state index in [2.05, 4.69) is 11.9 Å². The average molecular weight is 264 g/mol. The van der Waals surface area contributed by atoms with Crippen molar-refractivity contribution in [3.63, 3.8) is 0 Å². The van der Waals surface area contributed by atoms with E-state index in [1.165, 1.54) is 0 Å². The van der Waals surface area contributed by atoms with Crippen LogP contribution in [0.3, 0.4) is 0 Å². The van der Waals surface area contributed by atoms with Gasteiger partial charge >= 0.3 is 5.69 Å². The first-order chi connectivity index (χ1) is 9.08. The van der Waals surface area contributed by atoms with E-state index in [9.17, 15) is 10.1 Å². The quantitative estimate of drug-likeness (QED) is 0.445. The fourth-order valence-electron chi connectivity index (χ4n) is 1.49. The number of benzene rings is 1. The van der Waals surface area contributed by atoms with Crippen LogP contribution in [0.1, 0.15) is 25.8 Å². The van der Waals surface area contributed by atoms with Gasteiger partial charge in [0.05, 0.1) is 4.92 Å². The summed E-state index contributed by atoms with van der Waals surface area (Å²) in [5.74, 6) is 0.292. The first-order valence-corrected chi connectivity index (χ1v) is 6.36. The standard InChI is InChI=1S/C14H20N2O3/c1-4-11(3)10-19-14-7-6-12(9-15-5-2)8-13(14)16(17)18/h6-8,15H,3-5,9-10H2,1-2H3. The van der Waals surface area contributed by atoms with Crippen LogP contribution in [-0.2, 0) is 6.54 Å². The van der Waals surface area contributed by atoms with Gasteiger partial charge < -0.3 is 10.1 Å². The van der Waals surface area contributed by atoms with E-state index in [0.29, 0.717) is 18.9 Å². The Hall–Kier alpha value is -1.88. The predicted molar refractivity (Wildman–Crippen MR) is 75.4 cm³/mol. The lowest BCUT2D eigenvalue weighted by molar-refractivity contribution is -0.385. The number of nitrogens with one attached hydrogen (secondary N) is 1. The largest absolute Gasteiger partial charge is 0.482 e. The van der Waals surface area contributed by atoms with Gasteiger partial charge in [-0.25, -0.2) is 0 Å². The minimum atomic E-state index is -0.417. The van der Waals surface area contributed by atoms with Crippen molar-refractivity contribution in [1.82, 2.24) is 5.32 Å². The molecule has 19 heavy (non-hydrogen) atoms. The van der Waals surface area contributed by atoms with E-state index in [1.54, 1.807) is 12.1 Å². The second kappa shape index (κ2) is 7.53. The predicted octanol–water partition coefficient (Wildman–Crippen LogP) is 3.05. The number of nitro benzene ring substituents is 1. The normalized spacial score (nSPS) is 10.2. The fraction of sp³-hybridized carbons (Fsp3) is 0.429. The smallest absolute Gasteiger partial charge is 0.311 e. The molecule has 0 fully saturated rings. The van der Waals surface area contributed by atoms with Crippen molar-refractivity contribution in [2.75, 3.05) is 13.2 Å². The van der Waals surface area contributed by atoms with Gasteiger partial charge in [-0.3, -0.25) is 10.1 Å². The van der Waals surface area contributed by atoms with Crippen molar-refractivity contribution in [1.29, 1.82) is 0 Å². The van der Waals surface area contributed by atoms with E-state index in [1.807, 2.05) is 19.9 Å². The molecule has 0 amide bonds. The molecule has 5 heteroatoms. The molecule has 1 N–H and O–H groups in total. The van der Waals surface area contributed by atoms with Gasteiger partial charge in [-0.1, -0.05) is 26.5 Å². The number of rotatable bonds is 8. The monoisotopic (exact) mass is 264 g/mol. The number of ether oxygens (including phenoxy) is 1. The molecule has 0 radical (unpaired) electrons.